The van der Waals surface area contributed by atoms with Gasteiger partial charge in [-0.25, -0.2) is 0 Å². The maximum absolute atomic E-state index is 10.9. The maximum Gasteiger partial charge on any atom is 0.270 e. The number of hydrogen-bond acceptors (Lipinski definition) is 5. The summed E-state index contributed by atoms with van der Waals surface area (Å²) < 4.78 is 5.33. The van der Waals surface area contributed by atoms with Gasteiger partial charge in [-0.2, -0.15) is 0 Å². The van der Waals surface area contributed by atoms with Crippen LogP contribution in [0.5, 0.6) is 0 Å². The third-order valence-corrected chi connectivity index (χ3v) is 3.26. The predicted octanol–water partition coefficient (Wildman–Crippen LogP) is 1.98. The molecule has 2 heterocycles. The van der Waals surface area contributed by atoms with Crippen molar-refractivity contribution in [3.8, 4) is 0 Å². The van der Waals surface area contributed by atoms with Gasteiger partial charge < -0.3 is 9.64 Å². The molecule has 1 saturated heterocycles. The van der Waals surface area contributed by atoms with Crippen molar-refractivity contribution < 1.29 is 9.66 Å². The zero-order valence-corrected chi connectivity index (χ0v) is 10.3. The molecule has 3 rings (SSSR count). The average molecular weight is 259 g/mol. The minimum Gasteiger partial charge on any atom is -0.378 e. The number of morpholine rings is 1. The number of nitro groups is 1. The summed E-state index contributed by atoms with van der Waals surface area (Å²) in [6, 6.07) is 6.67. The first-order valence-electron chi connectivity index (χ1n) is 6.11. The van der Waals surface area contributed by atoms with Crippen LogP contribution in [0.3, 0.4) is 0 Å². The minimum absolute atomic E-state index is 0.0926. The van der Waals surface area contributed by atoms with Gasteiger partial charge in [-0.3, -0.25) is 15.1 Å². The summed E-state index contributed by atoms with van der Waals surface area (Å²) in [6.07, 6.45) is 1.74. The molecule has 0 N–H and O–H groups in total. The molecule has 0 aliphatic carbocycles. The van der Waals surface area contributed by atoms with E-state index in [0.29, 0.717) is 13.2 Å². The average Bonchev–Trinajstić information content (AvgIpc) is 2.47. The standard InChI is InChI=1S/C13H13N3O3/c17-16(18)10-1-2-12-11(9-10)13(3-4-14-12)15-5-7-19-8-6-15/h1-4,9H,5-8H2. The van der Waals surface area contributed by atoms with Gasteiger partial charge in [-0.1, -0.05) is 0 Å². The number of nitro benzene ring substituents is 1. The largest absolute Gasteiger partial charge is 0.378 e. The summed E-state index contributed by atoms with van der Waals surface area (Å²) in [5.41, 5.74) is 1.85. The second-order valence-electron chi connectivity index (χ2n) is 4.39. The Balaban J connectivity index is 2.11. The minimum atomic E-state index is -0.379. The molecule has 0 radical (unpaired) electrons. The van der Waals surface area contributed by atoms with Gasteiger partial charge in [0.2, 0.25) is 0 Å². The van der Waals surface area contributed by atoms with E-state index in [1.807, 2.05) is 6.07 Å². The Hall–Kier alpha value is -2.21. The summed E-state index contributed by atoms with van der Waals surface area (Å²) in [5.74, 6) is 0. The van der Waals surface area contributed by atoms with E-state index in [4.69, 9.17) is 4.74 Å². The van der Waals surface area contributed by atoms with E-state index in [9.17, 15) is 10.1 Å². The number of hydrogen-bond donors (Lipinski definition) is 0. The lowest BCUT2D eigenvalue weighted by atomic mass is 10.1. The van der Waals surface area contributed by atoms with Crippen LogP contribution in [-0.2, 0) is 4.74 Å². The number of ether oxygens (including phenoxy) is 1. The molecule has 2 aromatic rings. The number of pyridine rings is 1. The highest BCUT2D eigenvalue weighted by atomic mass is 16.6. The highest BCUT2D eigenvalue weighted by Crippen LogP contribution is 2.29. The first-order valence-corrected chi connectivity index (χ1v) is 6.11. The van der Waals surface area contributed by atoms with Crippen molar-refractivity contribution in [3.05, 3.63) is 40.6 Å². The van der Waals surface area contributed by atoms with Gasteiger partial charge in [0, 0.05) is 42.5 Å². The fraction of sp³-hybridized carbons (Fsp3) is 0.308. The topological polar surface area (TPSA) is 68.5 Å². The molecule has 1 aromatic heterocycles. The zero-order chi connectivity index (χ0) is 13.2. The lowest BCUT2D eigenvalue weighted by Crippen LogP contribution is -2.36. The molecular formula is C13H13N3O3. The van der Waals surface area contributed by atoms with Crippen molar-refractivity contribution in [2.75, 3.05) is 31.2 Å². The fourth-order valence-corrected chi connectivity index (χ4v) is 2.31. The Bertz CT molecular complexity index is 624. The van der Waals surface area contributed by atoms with Crippen LogP contribution in [0.25, 0.3) is 10.9 Å². The van der Waals surface area contributed by atoms with E-state index in [1.54, 1.807) is 18.3 Å². The van der Waals surface area contributed by atoms with Crippen LogP contribution in [0.1, 0.15) is 0 Å². The van der Waals surface area contributed by atoms with Crippen molar-refractivity contribution in [1.82, 2.24) is 4.98 Å². The van der Waals surface area contributed by atoms with Crippen LogP contribution in [0, 0.1) is 10.1 Å². The van der Waals surface area contributed by atoms with E-state index in [0.717, 1.165) is 29.7 Å². The summed E-state index contributed by atoms with van der Waals surface area (Å²) in [5, 5.41) is 11.7. The Kier molecular flexibility index (Phi) is 3.00. The van der Waals surface area contributed by atoms with E-state index in [2.05, 4.69) is 9.88 Å². The molecular weight excluding hydrogens is 246 g/mol. The summed E-state index contributed by atoms with van der Waals surface area (Å²) in [4.78, 5) is 16.9. The van der Waals surface area contributed by atoms with Crippen molar-refractivity contribution in [1.29, 1.82) is 0 Å². The molecule has 6 nitrogen and oxygen atoms in total. The zero-order valence-electron chi connectivity index (χ0n) is 10.3. The van der Waals surface area contributed by atoms with Gasteiger partial charge in [-0.05, 0) is 12.1 Å². The molecule has 1 aliphatic rings. The van der Waals surface area contributed by atoms with E-state index >= 15 is 0 Å². The van der Waals surface area contributed by atoms with Gasteiger partial charge in [0.05, 0.1) is 23.7 Å². The van der Waals surface area contributed by atoms with Crippen LogP contribution in [0.4, 0.5) is 11.4 Å². The van der Waals surface area contributed by atoms with Crippen molar-refractivity contribution >= 4 is 22.3 Å². The van der Waals surface area contributed by atoms with E-state index in [-0.39, 0.29) is 10.6 Å². The van der Waals surface area contributed by atoms with Crippen molar-refractivity contribution in [2.24, 2.45) is 0 Å². The molecule has 1 fully saturated rings. The molecule has 0 spiro atoms. The Morgan fingerprint density at radius 1 is 1.26 bits per heavy atom. The van der Waals surface area contributed by atoms with Crippen LogP contribution in [0.15, 0.2) is 30.5 Å². The van der Waals surface area contributed by atoms with Crippen LogP contribution < -0.4 is 4.90 Å². The molecule has 0 atom stereocenters. The fourth-order valence-electron chi connectivity index (χ4n) is 2.31. The van der Waals surface area contributed by atoms with Gasteiger partial charge >= 0.3 is 0 Å². The smallest absolute Gasteiger partial charge is 0.270 e. The van der Waals surface area contributed by atoms with E-state index in [1.165, 1.54) is 6.07 Å². The van der Waals surface area contributed by atoms with Gasteiger partial charge in [0.1, 0.15) is 0 Å². The summed E-state index contributed by atoms with van der Waals surface area (Å²) in [6.45, 7) is 2.95. The van der Waals surface area contributed by atoms with E-state index < -0.39 is 0 Å². The maximum atomic E-state index is 10.9. The van der Waals surface area contributed by atoms with Gasteiger partial charge in [0.25, 0.3) is 5.69 Å². The molecule has 98 valence electrons. The summed E-state index contributed by atoms with van der Waals surface area (Å²) >= 11 is 0. The summed E-state index contributed by atoms with van der Waals surface area (Å²) in [7, 11) is 0. The SMILES string of the molecule is O=[N+]([O-])c1ccc2nccc(N3CCOCC3)c2c1. The number of anilines is 1. The number of aromatic nitrogens is 1. The first-order chi connectivity index (χ1) is 9.25. The number of nitrogens with zero attached hydrogens (tertiary/aromatic N) is 3. The molecule has 1 aliphatic heterocycles. The molecule has 0 saturated carbocycles. The third kappa shape index (κ3) is 2.22. The quantitative estimate of drug-likeness (QED) is 0.609. The number of rotatable bonds is 2. The van der Waals surface area contributed by atoms with Crippen LogP contribution in [-0.4, -0.2) is 36.2 Å². The predicted molar refractivity (Wildman–Crippen MR) is 71.4 cm³/mol. The van der Waals surface area contributed by atoms with Gasteiger partial charge in [0.15, 0.2) is 0 Å². The first kappa shape index (κ1) is 11.9. The number of benzene rings is 1. The number of non-ortho nitro benzene ring substituents is 1. The third-order valence-electron chi connectivity index (χ3n) is 3.26. The molecule has 0 bridgehead atoms. The molecule has 0 amide bonds. The van der Waals surface area contributed by atoms with Crippen molar-refractivity contribution in [3.63, 3.8) is 0 Å². The van der Waals surface area contributed by atoms with Crippen LogP contribution in [0.2, 0.25) is 0 Å². The molecule has 0 unspecified atom stereocenters. The molecule has 19 heavy (non-hydrogen) atoms. The van der Waals surface area contributed by atoms with Crippen LogP contribution >= 0.6 is 0 Å². The highest BCUT2D eigenvalue weighted by Gasteiger charge is 2.16. The lowest BCUT2D eigenvalue weighted by Gasteiger charge is -2.29. The monoisotopic (exact) mass is 259 g/mol. The van der Waals surface area contributed by atoms with Gasteiger partial charge in [-0.15, -0.1) is 0 Å². The highest BCUT2D eigenvalue weighted by molar-refractivity contribution is 5.93. The number of fused-ring (bicyclic) bond motifs is 1. The second kappa shape index (κ2) is 4.81. The molecule has 6 heteroatoms. The lowest BCUT2D eigenvalue weighted by molar-refractivity contribution is -0.384. The second-order valence-corrected chi connectivity index (χ2v) is 4.39. The van der Waals surface area contributed by atoms with Crippen molar-refractivity contribution in [2.45, 2.75) is 0 Å². The molecule has 1 aromatic carbocycles. The Morgan fingerprint density at radius 3 is 2.79 bits per heavy atom. The Labute approximate surface area is 109 Å². The normalized spacial score (nSPS) is 15.7. The Morgan fingerprint density at radius 2 is 2.05 bits per heavy atom.